The van der Waals surface area contributed by atoms with Crippen LogP contribution in [0.4, 0.5) is 0 Å². The molecule has 0 aliphatic rings. The van der Waals surface area contributed by atoms with Crippen LogP contribution in [0, 0.1) is 13.8 Å². The second-order valence-electron chi connectivity index (χ2n) is 4.21. The lowest BCUT2D eigenvalue weighted by Crippen LogP contribution is -2.48. The van der Waals surface area contributed by atoms with E-state index in [4.69, 9.17) is 11.5 Å². The number of hydrogen-bond acceptors (Lipinski definition) is 4. The number of rotatable bonds is 4. The van der Waals surface area contributed by atoms with Gasteiger partial charge in [-0.1, -0.05) is 18.2 Å². The van der Waals surface area contributed by atoms with E-state index in [-0.39, 0.29) is 0 Å². The Morgan fingerprint density at radius 3 is 2.29 bits per heavy atom. The lowest BCUT2D eigenvalue weighted by atomic mass is 9.96. The molecule has 3 atom stereocenters. The monoisotopic (exact) mass is 238 g/mol. The van der Waals surface area contributed by atoms with Crippen LogP contribution in [0.1, 0.15) is 22.8 Å². The number of carbonyl (C=O) groups excluding carboxylic acids is 1. The number of aliphatic hydroxyl groups excluding tert-OH is 2. The first-order valence-corrected chi connectivity index (χ1v) is 5.32. The summed E-state index contributed by atoms with van der Waals surface area (Å²) in [6, 6.07) is 3.98. The number of amides is 1. The summed E-state index contributed by atoms with van der Waals surface area (Å²) in [4.78, 5) is 10.8. The van der Waals surface area contributed by atoms with Crippen molar-refractivity contribution in [1.82, 2.24) is 0 Å². The lowest BCUT2D eigenvalue weighted by Gasteiger charge is -2.22. The molecule has 94 valence electrons. The van der Waals surface area contributed by atoms with Gasteiger partial charge in [-0.25, -0.2) is 0 Å². The van der Waals surface area contributed by atoms with E-state index in [2.05, 4.69) is 0 Å². The minimum atomic E-state index is -1.41. The average Bonchev–Trinajstić information content (AvgIpc) is 2.29. The summed E-state index contributed by atoms with van der Waals surface area (Å²) in [5.41, 5.74) is 12.9. The van der Waals surface area contributed by atoms with Gasteiger partial charge in [0.1, 0.15) is 18.2 Å². The normalized spacial score (nSPS) is 16.3. The van der Waals surface area contributed by atoms with Crippen molar-refractivity contribution in [2.75, 3.05) is 0 Å². The molecule has 0 aromatic heterocycles. The van der Waals surface area contributed by atoms with Gasteiger partial charge >= 0.3 is 0 Å². The molecule has 3 unspecified atom stereocenters. The summed E-state index contributed by atoms with van der Waals surface area (Å²) in [6.07, 6.45) is -2.63. The molecule has 6 N–H and O–H groups in total. The van der Waals surface area contributed by atoms with E-state index in [1.807, 2.05) is 19.9 Å². The quantitative estimate of drug-likeness (QED) is 0.567. The maximum atomic E-state index is 10.8. The summed E-state index contributed by atoms with van der Waals surface area (Å²) in [5, 5.41) is 19.6. The van der Waals surface area contributed by atoms with Crippen LogP contribution in [0.5, 0.6) is 0 Å². The summed E-state index contributed by atoms with van der Waals surface area (Å²) in [5.74, 6) is -0.847. The second kappa shape index (κ2) is 5.27. The third kappa shape index (κ3) is 3.03. The molecule has 0 saturated heterocycles. The van der Waals surface area contributed by atoms with Crippen molar-refractivity contribution in [3.8, 4) is 0 Å². The van der Waals surface area contributed by atoms with Crippen LogP contribution >= 0.6 is 0 Å². The maximum absolute atomic E-state index is 10.8. The summed E-state index contributed by atoms with van der Waals surface area (Å²) < 4.78 is 0. The number of hydrogen-bond donors (Lipinski definition) is 4. The van der Waals surface area contributed by atoms with Crippen molar-refractivity contribution in [2.45, 2.75) is 32.1 Å². The number of aliphatic hydroxyl groups is 2. The smallest absolute Gasteiger partial charge is 0.237 e. The van der Waals surface area contributed by atoms with Gasteiger partial charge in [0.25, 0.3) is 0 Å². The molecule has 0 bridgehead atoms. The van der Waals surface area contributed by atoms with E-state index in [1.54, 1.807) is 12.1 Å². The largest absolute Gasteiger partial charge is 0.388 e. The SMILES string of the molecule is Cc1ccc(C(O)C(O)C(N)C(N)=O)cc1C. The van der Waals surface area contributed by atoms with E-state index in [9.17, 15) is 15.0 Å². The third-order valence-electron chi connectivity index (χ3n) is 2.89. The van der Waals surface area contributed by atoms with Gasteiger partial charge in [0.2, 0.25) is 5.91 Å². The van der Waals surface area contributed by atoms with Crippen LogP contribution in [0.25, 0.3) is 0 Å². The zero-order valence-corrected chi connectivity index (χ0v) is 9.92. The van der Waals surface area contributed by atoms with Gasteiger partial charge < -0.3 is 21.7 Å². The summed E-state index contributed by atoms with van der Waals surface area (Å²) in [7, 11) is 0. The molecule has 0 fully saturated rings. The highest BCUT2D eigenvalue weighted by Gasteiger charge is 2.28. The fourth-order valence-corrected chi connectivity index (χ4v) is 1.51. The Morgan fingerprint density at radius 1 is 1.24 bits per heavy atom. The Hall–Kier alpha value is -1.43. The molecule has 1 aromatic carbocycles. The number of benzene rings is 1. The Morgan fingerprint density at radius 2 is 1.82 bits per heavy atom. The average molecular weight is 238 g/mol. The van der Waals surface area contributed by atoms with Crippen molar-refractivity contribution in [2.24, 2.45) is 11.5 Å². The molecule has 0 saturated carbocycles. The first-order valence-electron chi connectivity index (χ1n) is 5.32. The minimum absolute atomic E-state index is 0.511. The fraction of sp³-hybridized carbons (Fsp3) is 0.417. The van der Waals surface area contributed by atoms with E-state index in [1.165, 1.54) is 0 Å². The van der Waals surface area contributed by atoms with Gasteiger partial charge in [-0.05, 0) is 30.5 Å². The Balaban J connectivity index is 2.92. The van der Waals surface area contributed by atoms with Crippen LogP contribution in [0.2, 0.25) is 0 Å². The van der Waals surface area contributed by atoms with Crippen molar-refractivity contribution >= 4 is 5.91 Å². The van der Waals surface area contributed by atoms with Crippen LogP contribution in [0.3, 0.4) is 0 Å². The van der Waals surface area contributed by atoms with Gasteiger partial charge in [-0.15, -0.1) is 0 Å². The minimum Gasteiger partial charge on any atom is -0.388 e. The topological polar surface area (TPSA) is 110 Å². The predicted molar refractivity (Wildman–Crippen MR) is 64.1 cm³/mol. The molecule has 0 aliphatic heterocycles. The molecule has 0 spiro atoms. The Labute approximate surface area is 100 Å². The van der Waals surface area contributed by atoms with Crippen molar-refractivity contribution < 1.29 is 15.0 Å². The van der Waals surface area contributed by atoms with Gasteiger partial charge in [0, 0.05) is 0 Å². The molecule has 17 heavy (non-hydrogen) atoms. The maximum Gasteiger partial charge on any atom is 0.237 e. The number of nitrogens with two attached hydrogens (primary N) is 2. The highest BCUT2D eigenvalue weighted by atomic mass is 16.3. The van der Waals surface area contributed by atoms with Gasteiger partial charge in [-0.3, -0.25) is 4.79 Å². The molecule has 0 aliphatic carbocycles. The van der Waals surface area contributed by atoms with Crippen LogP contribution < -0.4 is 11.5 Å². The Kier molecular flexibility index (Phi) is 4.22. The van der Waals surface area contributed by atoms with Crippen molar-refractivity contribution in [3.63, 3.8) is 0 Å². The highest BCUT2D eigenvalue weighted by Crippen LogP contribution is 2.21. The van der Waals surface area contributed by atoms with Crippen LogP contribution in [-0.4, -0.2) is 28.3 Å². The number of aryl methyl sites for hydroxylation is 2. The van der Waals surface area contributed by atoms with E-state index in [0.717, 1.165) is 11.1 Å². The molecule has 1 aromatic rings. The summed E-state index contributed by atoms with van der Waals surface area (Å²) in [6.45, 7) is 3.84. The zero-order chi connectivity index (χ0) is 13.2. The lowest BCUT2D eigenvalue weighted by molar-refractivity contribution is -0.123. The highest BCUT2D eigenvalue weighted by molar-refractivity contribution is 5.80. The van der Waals surface area contributed by atoms with Crippen LogP contribution in [0.15, 0.2) is 18.2 Å². The first-order chi connectivity index (χ1) is 7.84. The van der Waals surface area contributed by atoms with E-state index in [0.29, 0.717) is 5.56 Å². The van der Waals surface area contributed by atoms with E-state index < -0.39 is 24.2 Å². The van der Waals surface area contributed by atoms with E-state index >= 15 is 0 Å². The molecule has 0 heterocycles. The molecular weight excluding hydrogens is 220 g/mol. The Bertz CT molecular complexity index is 420. The number of carbonyl (C=O) groups is 1. The second-order valence-corrected chi connectivity index (χ2v) is 4.21. The van der Waals surface area contributed by atoms with Gasteiger partial charge in [0.05, 0.1) is 0 Å². The van der Waals surface area contributed by atoms with Crippen molar-refractivity contribution in [1.29, 1.82) is 0 Å². The zero-order valence-electron chi connectivity index (χ0n) is 9.92. The standard InChI is InChI=1S/C12H18N2O3/c1-6-3-4-8(5-7(6)2)10(15)11(16)9(13)12(14)17/h3-5,9-11,15-16H,13H2,1-2H3,(H2,14,17). The summed E-state index contributed by atoms with van der Waals surface area (Å²) >= 11 is 0. The molecule has 1 amide bonds. The molecular formula is C12H18N2O3. The first kappa shape index (κ1) is 13.6. The molecule has 0 radical (unpaired) electrons. The van der Waals surface area contributed by atoms with Gasteiger partial charge in [0.15, 0.2) is 0 Å². The van der Waals surface area contributed by atoms with Crippen molar-refractivity contribution in [3.05, 3.63) is 34.9 Å². The van der Waals surface area contributed by atoms with Crippen LogP contribution in [-0.2, 0) is 4.79 Å². The molecule has 5 nitrogen and oxygen atoms in total. The molecule has 5 heteroatoms. The number of primary amides is 1. The predicted octanol–water partition coefficient (Wildman–Crippen LogP) is -0.490. The third-order valence-corrected chi connectivity index (χ3v) is 2.89. The molecule has 1 rings (SSSR count). The fourth-order valence-electron chi connectivity index (χ4n) is 1.51. The van der Waals surface area contributed by atoms with Gasteiger partial charge in [-0.2, -0.15) is 0 Å².